The molecular formula is C12H7Cl2NO. The summed E-state index contributed by atoms with van der Waals surface area (Å²) in [4.78, 5) is 15.1. The number of halogens is 2. The van der Waals surface area contributed by atoms with Crippen LogP contribution in [-0.2, 0) is 0 Å². The molecule has 0 aliphatic rings. The van der Waals surface area contributed by atoms with Crippen molar-refractivity contribution < 1.29 is 4.79 Å². The van der Waals surface area contributed by atoms with Gasteiger partial charge in [0.2, 0.25) is 0 Å². The average Bonchev–Trinajstić information content (AvgIpc) is 2.29. The Balaban J connectivity index is 2.46. The molecule has 0 aliphatic carbocycles. The Morgan fingerprint density at radius 2 is 1.88 bits per heavy atom. The molecule has 0 atom stereocenters. The highest BCUT2D eigenvalue weighted by molar-refractivity contribution is 6.68. The topological polar surface area (TPSA) is 30.0 Å². The third kappa shape index (κ3) is 2.23. The van der Waals surface area contributed by atoms with Gasteiger partial charge in [0.25, 0.3) is 5.24 Å². The summed E-state index contributed by atoms with van der Waals surface area (Å²) in [5.41, 5.74) is 1.88. The smallest absolute Gasteiger partial charge is 0.255 e. The lowest BCUT2D eigenvalue weighted by Gasteiger charge is -2.03. The van der Waals surface area contributed by atoms with Crippen LogP contribution in [0.25, 0.3) is 11.3 Å². The maximum Gasteiger partial charge on any atom is 0.255 e. The van der Waals surface area contributed by atoms with Crippen molar-refractivity contribution in [2.45, 2.75) is 0 Å². The lowest BCUT2D eigenvalue weighted by Crippen LogP contribution is -1.93. The highest BCUT2D eigenvalue weighted by atomic mass is 35.5. The van der Waals surface area contributed by atoms with E-state index in [-0.39, 0.29) is 5.56 Å². The second kappa shape index (κ2) is 4.64. The van der Waals surface area contributed by atoms with Crippen LogP contribution in [0.3, 0.4) is 0 Å². The first-order chi connectivity index (χ1) is 7.68. The lowest BCUT2D eigenvalue weighted by molar-refractivity contribution is 0.108. The zero-order chi connectivity index (χ0) is 11.5. The van der Waals surface area contributed by atoms with Gasteiger partial charge in [-0.25, -0.2) is 0 Å². The third-order valence-electron chi connectivity index (χ3n) is 2.13. The molecule has 4 heteroatoms. The maximum atomic E-state index is 11.0. The molecule has 0 spiro atoms. The minimum absolute atomic E-state index is 0.225. The molecule has 0 unspecified atom stereocenters. The van der Waals surface area contributed by atoms with Gasteiger partial charge in [0.1, 0.15) is 0 Å². The minimum Gasteiger partial charge on any atom is -0.275 e. The van der Waals surface area contributed by atoms with Crippen LogP contribution >= 0.6 is 23.2 Å². The van der Waals surface area contributed by atoms with E-state index in [4.69, 9.17) is 23.2 Å². The van der Waals surface area contributed by atoms with Gasteiger partial charge < -0.3 is 0 Å². The van der Waals surface area contributed by atoms with Gasteiger partial charge in [-0.05, 0) is 17.7 Å². The van der Waals surface area contributed by atoms with E-state index in [2.05, 4.69) is 4.98 Å². The summed E-state index contributed by atoms with van der Waals surface area (Å²) in [5, 5.41) is -0.286. The van der Waals surface area contributed by atoms with Crippen LogP contribution in [-0.4, -0.2) is 10.2 Å². The largest absolute Gasteiger partial charge is 0.275 e. The average molecular weight is 252 g/mol. The molecule has 1 heterocycles. The van der Waals surface area contributed by atoms with E-state index in [1.165, 1.54) is 6.20 Å². The molecule has 0 saturated carbocycles. The van der Waals surface area contributed by atoms with Crippen LogP contribution in [0.5, 0.6) is 0 Å². The van der Waals surface area contributed by atoms with E-state index in [1.54, 1.807) is 6.07 Å². The number of pyridine rings is 1. The van der Waals surface area contributed by atoms with Crippen LogP contribution in [0.1, 0.15) is 10.4 Å². The molecule has 0 saturated heterocycles. The highest BCUT2D eigenvalue weighted by Crippen LogP contribution is 2.23. The molecular weight excluding hydrogens is 245 g/mol. The molecule has 16 heavy (non-hydrogen) atoms. The first-order valence-electron chi connectivity index (χ1n) is 4.59. The fourth-order valence-corrected chi connectivity index (χ4v) is 1.78. The fraction of sp³-hybridized carbons (Fsp3) is 0. The Kier molecular flexibility index (Phi) is 3.22. The van der Waals surface area contributed by atoms with Gasteiger partial charge in [0, 0.05) is 11.8 Å². The van der Waals surface area contributed by atoms with Crippen LogP contribution in [0.4, 0.5) is 0 Å². The van der Waals surface area contributed by atoms with Crippen molar-refractivity contribution in [3.63, 3.8) is 0 Å². The normalized spacial score (nSPS) is 10.1. The van der Waals surface area contributed by atoms with Crippen LogP contribution in [0.15, 0.2) is 42.6 Å². The van der Waals surface area contributed by atoms with Gasteiger partial charge in [-0.3, -0.25) is 9.78 Å². The summed E-state index contributed by atoms with van der Waals surface area (Å²) in [7, 11) is 0. The van der Waals surface area contributed by atoms with Gasteiger partial charge in [-0.2, -0.15) is 0 Å². The summed E-state index contributed by atoms with van der Waals surface area (Å²) in [6.07, 6.45) is 1.39. The maximum absolute atomic E-state index is 11.0. The van der Waals surface area contributed by atoms with Crippen molar-refractivity contribution in [2.24, 2.45) is 0 Å². The number of carbonyl (C=O) groups is 1. The molecule has 1 aromatic heterocycles. The van der Waals surface area contributed by atoms with E-state index in [0.717, 1.165) is 5.56 Å². The molecule has 2 nitrogen and oxygen atoms in total. The van der Waals surface area contributed by atoms with E-state index >= 15 is 0 Å². The fourth-order valence-electron chi connectivity index (χ4n) is 1.34. The molecule has 0 N–H and O–H groups in total. The number of hydrogen-bond donors (Lipinski definition) is 0. The Bertz CT molecular complexity index is 526. The number of aromatic nitrogens is 1. The second-order valence-corrected chi connectivity index (χ2v) is 3.94. The zero-order valence-corrected chi connectivity index (χ0v) is 9.66. The van der Waals surface area contributed by atoms with Crippen LogP contribution in [0.2, 0.25) is 5.02 Å². The molecule has 0 radical (unpaired) electrons. The number of rotatable bonds is 2. The summed E-state index contributed by atoms with van der Waals surface area (Å²) in [6.45, 7) is 0. The second-order valence-electron chi connectivity index (χ2n) is 3.19. The summed E-state index contributed by atoms with van der Waals surface area (Å²) in [5.74, 6) is 0. The summed E-state index contributed by atoms with van der Waals surface area (Å²) < 4.78 is 0. The number of carbonyl (C=O) groups excluding carboxylic acids is 1. The summed E-state index contributed by atoms with van der Waals surface area (Å²) >= 11 is 11.3. The van der Waals surface area contributed by atoms with Gasteiger partial charge in [0.05, 0.1) is 16.3 Å². The number of nitrogens with zero attached hydrogens (tertiary/aromatic N) is 1. The minimum atomic E-state index is -0.600. The molecule has 2 aromatic rings. The van der Waals surface area contributed by atoms with Crippen molar-refractivity contribution in [1.82, 2.24) is 4.98 Å². The van der Waals surface area contributed by atoms with Crippen LogP contribution < -0.4 is 0 Å². The van der Waals surface area contributed by atoms with Gasteiger partial charge in [0.15, 0.2) is 0 Å². The van der Waals surface area contributed by atoms with E-state index < -0.39 is 5.24 Å². The monoisotopic (exact) mass is 251 g/mol. The molecule has 0 amide bonds. The van der Waals surface area contributed by atoms with Crippen molar-refractivity contribution in [3.8, 4) is 11.3 Å². The Morgan fingerprint density at radius 3 is 2.44 bits per heavy atom. The Hall–Kier alpha value is -1.38. The number of benzene rings is 1. The van der Waals surface area contributed by atoms with Crippen LogP contribution in [0, 0.1) is 0 Å². The molecule has 0 bridgehead atoms. The predicted octanol–water partition coefficient (Wildman–Crippen LogP) is 3.78. The standard InChI is InChI=1S/C12H7Cl2NO/c13-10-6-11(8-4-2-1-3-5-8)15-7-9(10)12(14)16/h1-7H. The lowest BCUT2D eigenvalue weighted by atomic mass is 10.1. The van der Waals surface area contributed by atoms with Crippen molar-refractivity contribution in [1.29, 1.82) is 0 Å². The highest BCUT2D eigenvalue weighted by Gasteiger charge is 2.09. The van der Waals surface area contributed by atoms with Crippen molar-refractivity contribution in [2.75, 3.05) is 0 Å². The van der Waals surface area contributed by atoms with Gasteiger partial charge >= 0.3 is 0 Å². The SMILES string of the molecule is O=C(Cl)c1cnc(-c2ccccc2)cc1Cl. The summed E-state index contributed by atoms with van der Waals surface area (Å²) in [6, 6.07) is 11.2. The molecule has 2 rings (SSSR count). The zero-order valence-electron chi connectivity index (χ0n) is 8.15. The first kappa shape index (κ1) is 11.1. The quantitative estimate of drug-likeness (QED) is 0.761. The van der Waals surface area contributed by atoms with E-state index in [1.807, 2.05) is 30.3 Å². The van der Waals surface area contributed by atoms with Crippen molar-refractivity contribution >= 4 is 28.4 Å². The van der Waals surface area contributed by atoms with E-state index in [9.17, 15) is 4.79 Å². The van der Waals surface area contributed by atoms with Crippen molar-refractivity contribution in [3.05, 3.63) is 53.2 Å². The first-order valence-corrected chi connectivity index (χ1v) is 5.35. The molecule has 80 valence electrons. The van der Waals surface area contributed by atoms with Gasteiger partial charge in [-0.1, -0.05) is 41.9 Å². The predicted molar refractivity (Wildman–Crippen MR) is 64.9 cm³/mol. The van der Waals surface area contributed by atoms with E-state index in [0.29, 0.717) is 10.7 Å². The Labute approximate surface area is 103 Å². The molecule has 0 aliphatic heterocycles. The Morgan fingerprint density at radius 1 is 1.19 bits per heavy atom. The number of hydrogen-bond acceptors (Lipinski definition) is 2. The third-order valence-corrected chi connectivity index (χ3v) is 2.65. The molecule has 0 fully saturated rings. The van der Waals surface area contributed by atoms with Gasteiger partial charge in [-0.15, -0.1) is 0 Å². The molecule has 1 aromatic carbocycles.